The van der Waals surface area contributed by atoms with E-state index in [0.29, 0.717) is 34.4 Å². The number of aromatic amines is 1. The van der Waals surface area contributed by atoms with Gasteiger partial charge < -0.3 is 9.40 Å². The van der Waals surface area contributed by atoms with Gasteiger partial charge in [-0.05, 0) is 36.4 Å². The van der Waals surface area contributed by atoms with E-state index in [2.05, 4.69) is 20.2 Å². The van der Waals surface area contributed by atoms with Crippen molar-refractivity contribution in [3.63, 3.8) is 0 Å². The van der Waals surface area contributed by atoms with Gasteiger partial charge in [0.15, 0.2) is 24.0 Å². The van der Waals surface area contributed by atoms with Gasteiger partial charge in [0, 0.05) is 16.7 Å². The maximum absolute atomic E-state index is 14.1. The van der Waals surface area contributed by atoms with Crippen LogP contribution in [-0.2, 0) is 6.54 Å². The highest BCUT2D eigenvalue weighted by Gasteiger charge is 2.17. The molecule has 0 aliphatic rings. The Balaban J connectivity index is 1.42. The van der Waals surface area contributed by atoms with Crippen molar-refractivity contribution < 1.29 is 17.8 Å². The Labute approximate surface area is 173 Å². The van der Waals surface area contributed by atoms with Gasteiger partial charge in [-0.15, -0.1) is 10.2 Å². The molecule has 30 heavy (non-hydrogen) atoms. The number of nitrogens with zero attached hydrogens (tertiary/aromatic N) is 4. The van der Waals surface area contributed by atoms with Crippen molar-refractivity contribution in [2.45, 2.75) is 6.54 Å². The van der Waals surface area contributed by atoms with E-state index in [1.807, 2.05) is 4.57 Å². The van der Waals surface area contributed by atoms with Crippen LogP contribution < -0.4 is 4.57 Å². The van der Waals surface area contributed by atoms with Crippen molar-refractivity contribution >= 4 is 22.6 Å². The summed E-state index contributed by atoms with van der Waals surface area (Å²) < 4.78 is 35.1. The molecular formula is C21H13ClF2N5O+. The highest BCUT2D eigenvalue weighted by Crippen LogP contribution is 2.24. The van der Waals surface area contributed by atoms with Crippen LogP contribution in [0.2, 0.25) is 5.02 Å². The lowest BCUT2D eigenvalue weighted by Gasteiger charge is -1.99. The van der Waals surface area contributed by atoms with Crippen molar-refractivity contribution in [1.82, 2.24) is 20.2 Å². The molecule has 3 heterocycles. The van der Waals surface area contributed by atoms with Gasteiger partial charge in [0.2, 0.25) is 12.4 Å². The molecule has 0 fully saturated rings. The van der Waals surface area contributed by atoms with Crippen molar-refractivity contribution in [2.24, 2.45) is 0 Å². The fourth-order valence-electron chi connectivity index (χ4n) is 3.10. The summed E-state index contributed by atoms with van der Waals surface area (Å²) in [5, 5.41) is 8.77. The minimum atomic E-state index is -0.940. The number of imidazole rings is 1. The summed E-state index contributed by atoms with van der Waals surface area (Å²) in [5.74, 6) is -0.794. The van der Waals surface area contributed by atoms with E-state index in [0.717, 1.165) is 11.6 Å². The number of fused-ring (bicyclic) bond motifs is 1. The summed E-state index contributed by atoms with van der Waals surface area (Å²) >= 11 is 5.90. The van der Waals surface area contributed by atoms with Crippen molar-refractivity contribution in [1.29, 1.82) is 0 Å². The summed E-state index contributed by atoms with van der Waals surface area (Å²) in [5.41, 5.74) is 2.13. The number of rotatable bonds is 4. The second-order valence-corrected chi connectivity index (χ2v) is 7.05. The number of pyridine rings is 1. The molecule has 0 saturated heterocycles. The van der Waals surface area contributed by atoms with E-state index < -0.39 is 11.6 Å². The lowest BCUT2D eigenvalue weighted by atomic mass is 10.2. The Bertz CT molecular complexity index is 1360. The molecule has 0 aliphatic carbocycles. The summed E-state index contributed by atoms with van der Waals surface area (Å²) in [6.07, 6.45) is 3.58. The topological polar surface area (TPSA) is 71.5 Å². The van der Waals surface area contributed by atoms with Crippen LogP contribution in [0.5, 0.6) is 0 Å². The van der Waals surface area contributed by atoms with Crippen molar-refractivity contribution in [3.05, 3.63) is 83.5 Å². The van der Waals surface area contributed by atoms with Crippen LogP contribution in [0, 0.1) is 11.6 Å². The van der Waals surface area contributed by atoms with Crippen LogP contribution >= 0.6 is 11.6 Å². The van der Waals surface area contributed by atoms with Crippen molar-refractivity contribution in [2.75, 3.05) is 0 Å². The first-order chi connectivity index (χ1) is 14.6. The number of aromatic nitrogens is 5. The molecule has 0 radical (unpaired) electrons. The number of nitrogens with one attached hydrogen (secondary N) is 1. The molecule has 3 aromatic heterocycles. The highest BCUT2D eigenvalue weighted by atomic mass is 35.5. The first kappa shape index (κ1) is 18.4. The van der Waals surface area contributed by atoms with Crippen molar-refractivity contribution in [3.8, 4) is 22.8 Å². The van der Waals surface area contributed by atoms with Crippen LogP contribution in [0.3, 0.4) is 0 Å². The monoisotopic (exact) mass is 424 g/mol. The average Bonchev–Trinajstić information content (AvgIpc) is 3.37. The van der Waals surface area contributed by atoms with Crippen LogP contribution in [-0.4, -0.2) is 20.2 Å². The van der Waals surface area contributed by atoms with E-state index in [1.54, 1.807) is 42.7 Å². The summed E-state index contributed by atoms with van der Waals surface area (Å²) in [6, 6.07) is 12.9. The Hall–Kier alpha value is -3.65. The maximum Gasteiger partial charge on any atom is 0.282 e. The fraction of sp³-hybridized carbons (Fsp3) is 0.0476. The molecule has 1 N–H and O–H groups in total. The molecule has 0 aliphatic heterocycles. The summed E-state index contributed by atoms with van der Waals surface area (Å²) in [4.78, 5) is 7.37. The van der Waals surface area contributed by atoms with Crippen LogP contribution in [0.15, 0.2) is 65.3 Å². The third-order valence-electron chi connectivity index (χ3n) is 4.56. The fourth-order valence-corrected chi connectivity index (χ4v) is 3.22. The van der Waals surface area contributed by atoms with Gasteiger partial charge in [-0.1, -0.05) is 17.7 Å². The maximum atomic E-state index is 14.1. The standard InChI is InChI=1S/C21H12ClF2N5O/c22-13-6-4-12(5-7-13)21-28-27-18(30-21)11-29-9-8-16-17(10-29)26-20(25-16)14-2-1-3-15(23)19(14)24/h1-10H,11H2/p+1. The van der Waals surface area contributed by atoms with Crippen LogP contribution in [0.1, 0.15) is 5.89 Å². The number of hydrogen-bond donors (Lipinski definition) is 1. The largest absolute Gasteiger partial charge is 0.415 e. The third-order valence-corrected chi connectivity index (χ3v) is 4.81. The van der Waals surface area contributed by atoms with Gasteiger partial charge in [-0.25, -0.2) is 13.8 Å². The van der Waals surface area contributed by atoms with E-state index in [1.165, 1.54) is 12.1 Å². The molecule has 9 heteroatoms. The van der Waals surface area contributed by atoms with Gasteiger partial charge in [-0.2, -0.15) is 4.57 Å². The summed E-state index contributed by atoms with van der Waals surface area (Å²) in [7, 11) is 0. The molecule has 0 saturated carbocycles. The molecular weight excluding hydrogens is 412 g/mol. The number of halogens is 3. The lowest BCUT2D eigenvalue weighted by Crippen LogP contribution is -2.33. The smallest absolute Gasteiger partial charge is 0.282 e. The molecule has 2 aromatic carbocycles. The van der Waals surface area contributed by atoms with E-state index in [-0.39, 0.29) is 11.4 Å². The van der Waals surface area contributed by atoms with Gasteiger partial charge in [0.25, 0.3) is 5.89 Å². The van der Waals surface area contributed by atoms with Gasteiger partial charge in [0.1, 0.15) is 16.9 Å². The summed E-state index contributed by atoms with van der Waals surface area (Å²) in [6.45, 7) is 0.333. The zero-order chi connectivity index (χ0) is 20.7. The molecule has 0 unspecified atom stereocenters. The average molecular weight is 425 g/mol. The quantitative estimate of drug-likeness (QED) is 0.430. The molecule has 0 amide bonds. The number of hydrogen-bond acceptors (Lipinski definition) is 4. The molecule has 0 spiro atoms. The van der Waals surface area contributed by atoms with E-state index >= 15 is 0 Å². The molecule has 5 aromatic rings. The first-order valence-corrected chi connectivity index (χ1v) is 9.36. The number of benzene rings is 2. The third kappa shape index (κ3) is 3.42. The second-order valence-electron chi connectivity index (χ2n) is 6.61. The van der Waals surface area contributed by atoms with E-state index in [9.17, 15) is 8.78 Å². The Morgan fingerprint density at radius 2 is 1.87 bits per heavy atom. The Morgan fingerprint density at radius 1 is 1.03 bits per heavy atom. The predicted molar refractivity (Wildman–Crippen MR) is 105 cm³/mol. The predicted octanol–water partition coefficient (Wildman–Crippen LogP) is 4.55. The highest BCUT2D eigenvalue weighted by molar-refractivity contribution is 6.30. The zero-order valence-electron chi connectivity index (χ0n) is 15.3. The molecule has 0 bridgehead atoms. The lowest BCUT2D eigenvalue weighted by molar-refractivity contribution is -0.689. The van der Waals surface area contributed by atoms with Gasteiger partial charge in [-0.3, -0.25) is 0 Å². The minimum absolute atomic E-state index is 0.0715. The van der Waals surface area contributed by atoms with Crippen LogP contribution in [0.4, 0.5) is 8.78 Å². The Morgan fingerprint density at radius 3 is 2.70 bits per heavy atom. The molecule has 6 nitrogen and oxygen atoms in total. The molecule has 0 atom stereocenters. The SMILES string of the molecule is Fc1cccc(-c2nc3cc[n+](Cc4nnc(-c5ccc(Cl)cc5)o4)cc3[nH]2)c1F. The van der Waals surface area contributed by atoms with Gasteiger partial charge >= 0.3 is 0 Å². The second kappa shape index (κ2) is 7.31. The number of H-pyrrole nitrogens is 1. The normalized spacial score (nSPS) is 11.3. The van der Waals surface area contributed by atoms with Gasteiger partial charge in [0.05, 0.1) is 5.56 Å². The zero-order valence-corrected chi connectivity index (χ0v) is 16.1. The molecule has 5 rings (SSSR count). The van der Waals surface area contributed by atoms with Crippen LogP contribution in [0.25, 0.3) is 33.9 Å². The first-order valence-electron chi connectivity index (χ1n) is 8.98. The Kier molecular flexibility index (Phi) is 4.48. The van der Waals surface area contributed by atoms with E-state index in [4.69, 9.17) is 16.0 Å². The molecule has 148 valence electrons. The minimum Gasteiger partial charge on any atom is -0.415 e.